The van der Waals surface area contributed by atoms with Gasteiger partial charge in [-0.15, -0.1) is 0 Å². The topological polar surface area (TPSA) is 14.8 Å². The zero-order valence-corrected chi connectivity index (χ0v) is 50.7. The minimum absolute atomic E-state index is 0.0195. The molecule has 0 spiro atoms. The molecule has 0 N–H and O–H groups in total. The smallest absolute Gasteiger partial charge is 0.0541 e. The Morgan fingerprint density at radius 1 is 0.302 bits per heavy atom. The maximum Gasteiger partial charge on any atom is 0.0541 e. The lowest BCUT2D eigenvalue weighted by Crippen LogP contribution is -2.10. The predicted octanol–water partition coefficient (Wildman–Crippen LogP) is 23.9. The van der Waals surface area contributed by atoms with Crippen LogP contribution in [0, 0.1) is 0 Å². The highest BCUT2D eigenvalue weighted by Gasteiger charge is 2.21. The van der Waals surface area contributed by atoms with Crippen LogP contribution in [0.4, 0.5) is 0 Å². The molecule has 0 radical (unpaired) electrons. The zero-order valence-electron chi connectivity index (χ0n) is 50.7. The second-order valence-electron chi connectivity index (χ2n) is 22.8. The van der Waals surface area contributed by atoms with Gasteiger partial charge in [-0.05, 0) is 179 Å². The quantitative estimate of drug-likeness (QED) is 0.128. The SMILES string of the molecule is C=C/C=C\C.C=C/C=C\C.CC(C)(C)c1ccc2c(c1)c1cc(-c3ccc4c(c3)c3cc(-c5ccc6c(c5)c5cc(-c7ccccc7)ccc5n6-c5ccccc5)ccc3n4-c3ccc(-c4ccccc4)cc3)ccc1n2-c1ccccc1.CCC. The summed E-state index contributed by atoms with van der Waals surface area (Å²) < 4.78 is 7.27. The van der Waals surface area contributed by atoms with Gasteiger partial charge in [0.2, 0.25) is 0 Å². The van der Waals surface area contributed by atoms with Crippen LogP contribution in [0.5, 0.6) is 0 Å². The van der Waals surface area contributed by atoms with Crippen LogP contribution in [0.3, 0.4) is 0 Å². The molecule has 3 nitrogen and oxygen atoms in total. The summed E-state index contributed by atoms with van der Waals surface area (Å²) in [7, 11) is 0. The maximum atomic E-state index is 3.46. The molecule has 0 unspecified atom stereocenters. The van der Waals surface area contributed by atoms with Crippen LogP contribution < -0.4 is 0 Å². The molecule has 0 aliphatic heterocycles. The number of para-hydroxylation sites is 2. The van der Waals surface area contributed by atoms with Crippen LogP contribution in [-0.4, -0.2) is 13.7 Å². The van der Waals surface area contributed by atoms with Gasteiger partial charge in [-0.3, -0.25) is 0 Å². The van der Waals surface area contributed by atoms with Gasteiger partial charge in [-0.25, -0.2) is 0 Å². The molecule has 14 aromatic rings. The minimum atomic E-state index is 0.0195. The number of rotatable bonds is 9. The molecule has 0 atom stereocenters. The van der Waals surface area contributed by atoms with Crippen LogP contribution in [0.25, 0.3) is 127 Å². The third kappa shape index (κ3) is 11.6. The van der Waals surface area contributed by atoms with E-state index in [1.807, 2.05) is 38.2 Å². The van der Waals surface area contributed by atoms with E-state index in [1.54, 1.807) is 12.2 Å². The molecule has 0 aliphatic rings. The molecule has 0 aliphatic carbocycles. The van der Waals surface area contributed by atoms with E-state index in [-0.39, 0.29) is 5.41 Å². The monoisotopic (exact) mass is 1110 g/mol. The Kier molecular flexibility index (Phi) is 17.2. The molecule has 3 heterocycles. The first-order valence-corrected chi connectivity index (χ1v) is 30.1. The number of aromatic nitrogens is 3. The van der Waals surface area contributed by atoms with Crippen LogP contribution in [-0.2, 0) is 5.41 Å². The van der Waals surface area contributed by atoms with Crippen molar-refractivity contribution in [1.82, 2.24) is 13.7 Å². The van der Waals surface area contributed by atoms with E-state index in [1.165, 1.54) is 128 Å². The van der Waals surface area contributed by atoms with E-state index in [0.29, 0.717) is 0 Å². The normalized spacial score (nSPS) is 11.5. The van der Waals surface area contributed by atoms with E-state index in [2.05, 4.69) is 316 Å². The molecule has 14 rings (SSSR count). The van der Waals surface area contributed by atoms with Crippen molar-refractivity contribution in [3.8, 4) is 61.6 Å². The van der Waals surface area contributed by atoms with Crippen molar-refractivity contribution in [1.29, 1.82) is 0 Å². The molecular weight excluding hydrogens is 1040 g/mol. The standard InChI is InChI=1S/C70H51N3.2C5H8.C3H8/c1-70(2,3)54-31-39-69-63(45-54)62-44-53(30-38-68(62)72(69)56-22-14-7-15-23-56)52-29-37-67-61(43-52)60-42-51(28-36-66(60)73(67)57-32-24-48(25-33-57)46-16-8-4-9-17-46)50-27-35-65-59(41-50)58-40-49(47-18-10-5-11-19-47)26-34-64(58)71(65)55-20-12-6-13-21-55;2*1-3-5-4-2;1-3-2/h4-45H,1-3H3;2*3-5H,1H2,2H3;3H2,1-2H3/b;2*5-4-;. The van der Waals surface area contributed by atoms with Gasteiger partial charge >= 0.3 is 0 Å². The van der Waals surface area contributed by atoms with Gasteiger partial charge in [-0.1, -0.05) is 236 Å². The molecule has 3 heteroatoms. The van der Waals surface area contributed by atoms with Crippen molar-refractivity contribution >= 4 is 65.4 Å². The van der Waals surface area contributed by atoms with Crippen molar-refractivity contribution in [2.75, 3.05) is 0 Å². The second kappa shape index (κ2) is 25.7. The van der Waals surface area contributed by atoms with Crippen molar-refractivity contribution in [2.45, 2.75) is 60.3 Å². The molecule has 0 fully saturated rings. The van der Waals surface area contributed by atoms with Gasteiger partial charge in [0.1, 0.15) is 0 Å². The number of benzene rings is 11. The molecule has 11 aromatic carbocycles. The van der Waals surface area contributed by atoms with Gasteiger partial charge in [0, 0.05) is 49.4 Å². The van der Waals surface area contributed by atoms with E-state index in [9.17, 15) is 0 Å². The largest absolute Gasteiger partial charge is 0.309 e. The molecule has 0 amide bonds. The Bertz CT molecular complexity index is 4720. The number of fused-ring (bicyclic) bond motifs is 9. The number of hydrogen-bond acceptors (Lipinski definition) is 0. The Balaban J connectivity index is 0.000000539. The molecule has 86 heavy (non-hydrogen) atoms. The maximum absolute atomic E-state index is 3.46. The summed E-state index contributed by atoms with van der Waals surface area (Å²) in [6.07, 6.45) is 12.4. The molecular formula is C83H75N3. The molecule has 0 saturated heterocycles. The minimum Gasteiger partial charge on any atom is -0.309 e. The van der Waals surface area contributed by atoms with Crippen LogP contribution in [0.2, 0.25) is 0 Å². The first kappa shape index (κ1) is 57.6. The Labute approximate surface area is 508 Å². The van der Waals surface area contributed by atoms with Crippen molar-refractivity contribution in [2.24, 2.45) is 0 Å². The van der Waals surface area contributed by atoms with E-state index >= 15 is 0 Å². The average molecular weight is 1110 g/mol. The number of hydrogen-bond donors (Lipinski definition) is 0. The van der Waals surface area contributed by atoms with Crippen molar-refractivity contribution < 1.29 is 0 Å². The highest BCUT2D eigenvalue weighted by atomic mass is 15.0. The summed E-state index contributed by atoms with van der Waals surface area (Å²) in [6.45, 7) is 22.0. The summed E-state index contributed by atoms with van der Waals surface area (Å²) in [5.41, 5.74) is 21.6. The summed E-state index contributed by atoms with van der Waals surface area (Å²) in [5.74, 6) is 0. The number of nitrogens with zero attached hydrogens (tertiary/aromatic N) is 3. The van der Waals surface area contributed by atoms with Crippen LogP contribution in [0.1, 0.15) is 60.5 Å². The van der Waals surface area contributed by atoms with Crippen LogP contribution >= 0.6 is 0 Å². The summed E-state index contributed by atoms with van der Waals surface area (Å²) in [5, 5.41) is 7.44. The first-order chi connectivity index (χ1) is 42.1. The lowest BCUT2D eigenvalue weighted by atomic mass is 9.86. The predicted molar refractivity (Wildman–Crippen MR) is 376 cm³/mol. The average Bonchev–Trinajstić information content (AvgIpc) is 2.85. The van der Waals surface area contributed by atoms with Gasteiger partial charge in [0.15, 0.2) is 0 Å². The molecule has 3 aromatic heterocycles. The molecule has 422 valence electrons. The van der Waals surface area contributed by atoms with Crippen molar-refractivity contribution in [3.63, 3.8) is 0 Å². The van der Waals surface area contributed by atoms with Gasteiger partial charge in [0.05, 0.1) is 33.1 Å². The highest BCUT2D eigenvalue weighted by Crippen LogP contribution is 2.43. The first-order valence-electron chi connectivity index (χ1n) is 30.1. The second-order valence-corrected chi connectivity index (χ2v) is 22.8. The molecule has 0 saturated carbocycles. The number of allylic oxidation sites excluding steroid dienone is 6. The van der Waals surface area contributed by atoms with Crippen LogP contribution in [0.15, 0.2) is 304 Å². The lowest BCUT2D eigenvalue weighted by Gasteiger charge is -2.19. The highest BCUT2D eigenvalue weighted by molar-refractivity contribution is 6.15. The third-order valence-electron chi connectivity index (χ3n) is 15.9. The lowest BCUT2D eigenvalue weighted by molar-refractivity contribution is 0.591. The summed E-state index contributed by atoms with van der Waals surface area (Å²) >= 11 is 0. The Hall–Kier alpha value is -10.2. The third-order valence-corrected chi connectivity index (χ3v) is 15.9. The van der Waals surface area contributed by atoms with E-state index < -0.39 is 0 Å². The fraction of sp³-hybridized carbons (Fsp3) is 0.108. The fourth-order valence-electron chi connectivity index (χ4n) is 11.8. The summed E-state index contributed by atoms with van der Waals surface area (Å²) in [4.78, 5) is 0. The van der Waals surface area contributed by atoms with E-state index in [4.69, 9.17) is 0 Å². The van der Waals surface area contributed by atoms with Gasteiger partial charge in [0.25, 0.3) is 0 Å². The van der Waals surface area contributed by atoms with Gasteiger partial charge in [-0.2, -0.15) is 0 Å². The van der Waals surface area contributed by atoms with Crippen molar-refractivity contribution in [3.05, 3.63) is 310 Å². The zero-order chi connectivity index (χ0) is 59.7. The Morgan fingerprint density at radius 3 is 0.837 bits per heavy atom. The summed E-state index contributed by atoms with van der Waals surface area (Å²) in [6, 6.07) is 94.1. The molecule has 0 bridgehead atoms. The van der Waals surface area contributed by atoms with E-state index in [0.717, 1.165) is 11.4 Å². The van der Waals surface area contributed by atoms with Gasteiger partial charge < -0.3 is 13.7 Å². The fourth-order valence-corrected chi connectivity index (χ4v) is 11.8. The Morgan fingerprint density at radius 2 is 0.547 bits per heavy atom.